The van der Waals surface area contributed by atoms with Crippen LogP contribution in [-0.2, 0) is 9.59 Å². The Kier molecular flexibility index (Phi) is 7.85. The Morgan fingerprint density at radius 1 is 1.22 bits per heavy atom. The summed E-state index contributed by atoms with van der Waals surface area (Å²) in [6.45, 7) is 4.23. The van der Waals surface area contributed by atoms with E-state index in [1.807, 2.05) is 32.0 Å². The fourth-order valence-corrected chi connectivity index (χ4v) is 3.00. The average molecular weight is 392 g/mol. The van der Waals surface area contributed by atoms with Gasteiger partial charge in [0.15, 0.2) is 0 Å². The van der Waals surface area contributed by atoms with Gasteiger partial charge in [0, 0.05) is 18.0 Å². The lowest BCUT2D eigenvalue weighted by atomic mass is 10.0. The van der Waals surface area contributed by atoms with Crippen molar-refractivity contribution in [2.24, 2.45) is 11.7 Å². The molecule has 0 radical (unpaired) electrons. The Bertz CT molecular complexity index is 795. The Labute approximate surface area is 164 Å². The number of nitrogens with one attached hydrogen (secondary N) is 1. The summed E-state index contributed by atoms with van der Waals surface area (Å²) in [5.41, 5.74) is 6.05. The highest BCUT2D eigenvalue weighted by Gasteiger charge is 2.21. The molecule has 2 amide bonds. The van der Waals surface area contributed by atoms with Gasteiger partial charge in [-0.3, -0.25) is 14.6 Å². The van der Waals surface area contributed by atoms with E-state index in [0.717, 1.165) is 30.2 Å². The summed E-state index contributed by atoms with van der Waals surface area (Å²) in [5, 5.41) is 4.20. The number of amides is 2. The van der Waals surface area contributed by atoms with Crippen LogP contribution in [0.4, 0.5) is 0 Å². The number of pyridine rings is 1. The van der Waals surface area contributed by atoms with Gasteiger partial charge in [-0.25, -0.2) is 0 Å². The highest BCUT2D eigenvalue weighted by Crippen LogP contribution is 2.29. The Morgan fingerprint density at radius 3 is 2.70 bits per heavy atom. The monoisotopic (exact) mass is 391 g/mol. The predicted molar refractivity (Wildman–Crippen MR) is 107 cm³/mol. The van der Waals surface area contributed by atoms with Crippen LogP contribution in [0.1, 0.15) is 39.5 Å². The lowest BCUT2D eigenvalue weighted by Crippen LogP contribution is -2.47. The topological polar surface area (TPSA) is 94.3 Å². The molecule has 7 heteroatoms. The molecule has 3 N–H and O–H groups in total. The number of fused-ring (bicyclic) bond motifs is 1. The van der Waals surface area contributed by atoms with E-state index in [2.05, 4.69) is 10.3 Å². The molecule has 0 saturated carbocycles. The number of hydrogen-bond donors (Lipinski definition) is 2. The maximum atomic E-state index is 11.9. The molecule has 146 valence electrons. The summed E-state index contributed by atoms with van der Waals surface area (Å²) in [6, 6.07) is 6.75. The molecule has 27 heavy (non-hydrogen) atoms. The van der Waals surface area contributed by atoms with Crippen molar-refractivity contribution in [3.8, 4) is 5.75 Å². The minimum Gasteiger partial charge on any atom is -0.491 e. The lowest BCUT2D eigenvalue weighted by molar-refractivity contribution is -0.128. The van der Waals surface area contributed by atoms with Gasteiger partial charge in [-0.2, -0.15) is 0 Å². The van der Waals surface area contributed by atoms with E-state index in [0.29, 0.717) is 23.8 Å². The van der Waals surface area contributed by atoms with Crippen molar-refractivity contribution in [1.29, 1.82) is 0 Å². The number of carbonyl (C=O) groups is 2. The molecule has 6 nitrogen and oxygen atoms in total. The number of hydrogen-bond acceptors (Lipinski definition) is 4. The number of ether oxygens (including phenoxy) is 1. The van der Waals surface area contributed by atoms with Crippen molar-refractivity contribution in [3.05, 3.63) is 35.5 Å². The summed E-state index contributed by atoms with van der Waals surface area (Å²) in [5.74, 6) is 0.0218. The van der Waals surface area contributed by atoms with Crippen LogP contribution in [0, 0.1) is 5.92 Å². The molecule has 1 atom stereocenters. The molecule has 2 rings (SSSR count). The molecule has 2 aromatic rings. The summed E-state index contributed by atoms with van der Waals surface area (Å²) in [4.78, 5) is 27.6. The zero-order valence-corrected chi connectivity index (χ0v) is 16.5. The molecule has 1 heterocycles. The van der Waals surface area contributed by atoms with E-state index < -0.39 is 11.9 Å². The third-order valence-corrected chi connectivity index (χ3v) is 4.60. The van der Waals surface area contributed by atoms with Crippen molar-refractivity contribution in [1.82, 2.24) is 10.3 Å². The number of unbranched alkanes of at least 4 members (excludes halogenated alkanes) is 2. The van der Waals surface area contributed by atoms with Crippen LogP contribution in [0.25, 0.3) is 10.9 Å². The molecule has 0 fully saturated rings. The molecule has 1 aromatic carbocycles. The molecule has 1 aromatic heterocycles. The summed E-state index contributed by atoms with van der Waals surface area (Å²) in [6.07, 6.45) is 4.45. The van der Waals surface area contributed by atoms with Gasteiger partial charge in [0.2, 0.25) is 11.8 Å². The van der Waals surface area contributed by atoms with Crippen molar-refractivity contribution in [2.45, 2.75) is 45.6 Å². The van der Waals surface area contributed by atoms with E-state index in [4.69, 9.17) is 22.1 Å². The van der Waals surface area contributed by atoms with E-state index in [-0.39, 0.29) is 11.8 Å². The second kappa shape index (κ2) is 10.1. The zero-order valence-electron chi connectivity index (χ0n) is 15.7. The van der Waals surface area contributed by atoms with Gasteiger partial charge in [-0.05, 0) is 49.4 Å². The molecule has 0 spiro atoms. The summed E-state index contributed by atoms with van der Waals surface area (Å²) < 4.78 is 5.83. The van der Waals surface area contributed by atoms with E-state index >= 15 is 0 Å². The Morgan fingerprint density at radius 2 is 2.00 bits per heavy atom. The van der Waals surface area contributed by atoms with Crippen LogP contribution in [-0.4, -0.2) is 29.4 Å². The minimum atomic E-state index is -0.619. The number of carbonyl (C=O) groups excluding carboxylic acids is 2. The van der Waals surface area contributed by atoms with Crippen LogP contribution in [0.3, 0.4) is 0 Å². The number of halogens is 1. The number of benzene rings is 1. The van der Waals surface area contributed by atoms with Crippen LogP contribution < -0.4 is 15.8 Å². The molecule has 0 aliphatic heterocycles. The molecular weight excluding hydrogens is 366 g/mol. The minimum absolute atomic E-state index is 0.0253. The van der Waals surface area contributed by atoms with Gasteiger partial charge in [-0.15, -0.1) is 0 Å². The van der Waals surface area contributed by atoms with Crippen LogP contribution in [0.2, 0.25) is 5.02 Å². The average Bonchev–Trinajstić information content (AvgIpc) is 2.64. The second-order valence-electron chi connectivity index (χ2n) is 6.80. The third kappa shape index (κ3) is 6.10. The van der Waals surface area contributed by atoms with Crippen molar-refractivity contribution >= 4 is 34.3 Å². The Balaban J connectivity index is 1.72. The first-order chi connectivity index (χ1) is 12.9. The first kappa shape index (κ1) is 21.0. The molecular formula is C20H26ClN3O3. The highest BCUT2D eigenvalue weighted by molar-refractivity contribution is 6.35. The SMILES string of the molecule is CC(C)C(NC(=O)CCCCCOc1ccc(Cl)c2cccnc12)C(N)=O. The van der Waals surface area contributed by atoms with Crippen LogP contribution >= 0.6 is 11.6 Å². The van der Waals surface area contributed by atoms with Crippen molar-refractivity contribution in [3.63, 3.8) is 0 Å². The van der Waals surface area contributed by atoms with E-state index in [1.165, 1.54) is 0 Å². The molecule has 1 unspecified atom stereocenters. The fourth-order valence-electron chi connectivity index (χ4n) is 2.79. The second-order valence-corrected chi connectivity index (χ2v) is 7.20. The first-order valence-corrected chi connectivity index (χ1v) is 9.52. The van der Waals surface area contributed by atoms with Crippen molar-refractivity contribution < 1.29 is 14.3 Å². The largest absolute Gasteiger partial charge is 0.491 e. The number of nitrogens with zero attached hydrogens (tertiary/aromatic N) is 1. The molecule has 0 bridgehead atoms. The normalized spacial score (nSPS) is 12.1. The number of aromatic nitrogens is 1. The van der Waals surface area contributed by atoms with Gasteiger partial charge in [0.05, 0.1) is 11.6 Å². The number of primary amides is 1. The van der Waals surface area contributed by atoms with Gasteiger partial charge in [-0.1, -0.05) is 25.4 Å². The number of rotatable bonds is 10. The van der Waals surface area contributed by atoms with E-state index in [1.54, 1.807) is 12.3 Å². The first-order valence-electron chi connectivity index (χ1n) is 9.15. The summed E-state index contributed by atoms with van der Waals surface area (Å²) in [7, 11) is 0. The molecule has 0 saturated heterocycles. The predicted octanol–water partition coefficient (Wildman–Crippen LogP) is 3.45. The molecule has 0 aliphatic carbocycles. The third-order valence-electron chi connectivity index (χ3n) is 4.27. The Hall–Kier alpha value is -2.34. The number of nitrogens with two attached hydrogens (primary N) is 1. The fraction of sp³-hybridized carbons (Fsp3) is 0.450. The smallest absolute Gasteiger partial charge is 0.240 e. The van der Waals surface area contributed by atoms with Crippen LogP contribution in [0.5, 0.6) is 5.75 Å². The van der Waals surface area contributed by atoms with Gasteiger partial charge < -0.3 is 15.8 Å². The quantitative estimate of drug-likeness (QED) is 0.606. The lowest BCUT2D eigenvalue weighted by Gasteiger charge is -2.18. The van der Waals surface area contributed by atoms with Gasteiger partial charge in [0.1, 0.15) is 17.3 Å². The van der Waals surface area contributed by atoms with Crippen LogP contribution in [0.15, 0.2) is 30.5 Å². The van der Waals surface area contributed by atoms with Crippen molar-refractivity contribution in [2.75, 3.05) is 6.61 Å². The zero-order chi connectivity index (χ0) is 19.8. The molecule has 0 aliphatic rings. The maximum absolute atomic E-state index is 11.9. The van der Waals surface area contributed by atoms with Gasteiger partial charge in [0.25, 0.3) is 0 Å². The summed E-state index contributed by atoms with van der Waals surface area (Å²) >= 11 is 6.17. The maximum Gasteiger partial charge on any atom is 0.240 e. The van der Waals surface area contributed by atoms with Gasteiger partial charge >= 0.3 is 0 Å². The highest BCUT2D eigenvalue weighted by atomic mass is 35.5. The van der Waals surface area contributed by atoms with E-state index in [9.17, 15) is 9.59 Å². The standard InChI is InChI=1S/C20H26ClN3O3/c1-13(2)18(20(22)26)24-17(25)8-4-3-5-12-27-16-10-9-15(21)14-7-6-11-23-19(14)16/h6-7,9-11,13,18H,3-5,8,12H2,1-2H3,(H2,22,26)(H,24,25).